The first-order valence-electron chi connectivity index (χ1n) is 9.60. The second-order valence-corrected chi connectivity index (χ2v) is 8.13. The number of amides is 1. The van der Waals surface area contributed by atoms with Gasteiger partial charge in [0.15, 0.2) is 0 Å². The molecule has 0 N–H and O–H groups in total. The van der Waals surface area contributed by atoms with Crippen LogP contribution in [0.5, 0.6) is 0 Å². The van der Waals surface area contributed by atoms with E-state index in [2.05, 4.69) is 15.0 Å². The topological polar surface area (TPSA) is 81.0 Å². The third-order valence-corrected chi connectivity index (χ3v) is 5.93. The number of hydrogen-bond acceptors (Lipinski definition) is 6. The molecule has 31 heavy (non-hydrogen) atoms. The summed E-state index contributed by atoms with van der Waals surface area (Å²) >= 11 is 1.30. The van der Waals surface area contributed by atoms with E-state index in [1.807, 2.05) is 0 Å². The van der Waals surface area contributed by atoms with E-state index in [9.17, 15) is 22.8 Å². The van der Waals surface area contributed by atoms with E-state index in [0.717, 1.165) is 6.07 Å². The molecule has 1 aliphatic rings. The van der Waals surface area contributed by atoms with E-state index >= 15 is 0 Å². The van der Waals surface area contributed by atoms with Crippen LogP contribution in [-0.2, 0) is 17.5 Å². The number of carbonyl (C=O) groups is 1. The number of rotatable bonds is 4. The van der Waals surface area contributed by atoms with Crippen molar-refractivity contribution < 1.29 is 18.0 Å². The highest BCUT2D eigenvalue weighted by molar-refractivity contribution is 7.13. The van der Waals surface area contributed by atoms with Gasteiger partial charge in [0.25, 0.3) is 0 Å². The fourth-order valence-corrected chi connectivity index (χ4v) is 4.20. The van der Waals surface area contributed by atoms with Gasteiger partial charge >= 0.3 is 11.9 Å². The summed E-state index contributed by atoms with van der Waals surface area (Å²) in [7, 11) is 0. The van der Waals surface area contributed by atoms with Gasteiger partial charge in [0, 0.05) is 31.4 Å². The smallest absolute Gasteiger partial charge is 0.340 e. The molecular formula is C20H18F3N5O2S. The van der Waals surface area contributed by atoms with Crippen LogP contribution in [0.3, 0.4) is 0 Å². The molecule has 0 saturated carbocycles. The molecule has 3 aromatic heterocycles. The first-order chi connectivity index (χ1) is 14.8. The molecule has 162 valence electrons. The molecule has 3 aromatic rings. The highest BCUT2D eigenvalue weighted by atomic mass is 32.1. The van der Waals surface area contributed by atoms with Gasteiger partial charge in [-0.05, 0) is 36.4 Å². The molecule has 1 saturated heterocycles. The predicted molar refractivity (Wildman–Crippen MR) is 107 cm³/mol. The molecule has 0 unspecified atom stereocenters. The number of hydrogen-bond donors (Lipinski definition) is 0. The summed E-state index contributed by atoms with van der Waals surface area (Å²) in [6.07, 6.45) is -0.613. The van der Waals surface area contributed by atoms with Crippen molar-refractivity contribution in [3.63, 3.8) is 0 Å². The standard InChI is InChI=1S/C20H18F3N5O2S/c21-20(22,23)16-10-14(15-5-2-9-31-15)25-18(26-16)13-4-1-7-27(11-13)17(29)12-28-8-3-6-24-19(28)30/h2-3,5-6,8-10,13H,1,4,7,11-12H2/t13-/m1/s1. The Balaban J connectivity index is 1.59. The van der Waals surface area contributed by atoms with E-state index in [4.69, 9.17) is 0 Å². The molecule has 0 aromatic carbocycles. The van der Waals surface area contributed by atoms with Crippen molar-refractivity contribution in [2.75, 3.05) is 13.1 Å². The molecule has 1 aliphatic heterocycles. The first kappa shape index (κ1) is 21.2. The zero-order valence-electron chi connectivity index (χ0n) is 16.2. The number of thiophene rings is 1. The maximum atomic E-state index is 13.5. The largest absolute Gasteiger partial charge is 0.433 e. The lowest BCUT2D eigenvalue weighted by Gasteiger charge is -2.32. The third kappa shape index (κ3) is 4.82. The minimum absolute atomic E-state index is 0.0780. The second-order valence-electron chi connectivity index (χ2n) is 7.18. The van der Waals surface area contributed by atoms with Crippen LogP contribution in [0, 0.1) is 0 Å². The van der Waals surface area contributed by atoms with E-state index in [1.54, 1.807) is 28.5 Å². The molecule has 0 spiro atoms. The number of piperidine rings is 1. The van der Waals surface area contributed by atoms with Crippen LogP contribution < -0.4 is 5.69 Å². The highest BCUT2D eigenvalue weighted by Gasteiger charge is 2.35. The van der Waals surface area contributed by atoms with Crippen LogP contribution in [-0.4, -0.2) is 43.4 Å². The van der Waals surface area contributed by atoms with Crippen LogP contribution in [0.25, 0.3) is 10.6 Å². The zero-order chi connectivity index (χ0) is 22.0. The van der Waals surface area contributed by atoms with Crippen LogP contribution >= 0.6 is 11.3 Å². The Labute approximate surface area is 179 Å². The second kappa shape index (κ2) is 8.58. The molecule has 4 heterocycles. The van der Waals surface area contributed by atoms with E-state index < -0.39 is 23.5 Å². The van der Waals surface area contributed by atoms with Crippen molar-refractivity contribution >= 4 is 17.2 Å². The normalized spacial score (nSPS) is 17.0. The lowest BCUT2D eigenvalue weighted by Crippen LogP contribution is -2.42. The summed E-state index contributed by atoms with van der Waals surface area (Å²) in [6.45, 7) is 0.476. The molecule has 1 amide bonds. The first-order valence-corrected chi connectivity index (χ1v) is 10.5. The minimum Gasteiger partial charge on any atom is -0.340 e. The minimum atomic E-state index is -4.60. The van der Waals surface area contributed by atoms with Gasteiger partial charge in [0.05, 0.1) is 10.6 Å². The molecule has 4 rings (SSSR count). The average Bonchev–Trinajstić information content (AvgIpc) is 3.29. The van der Waals surface area contributed by atoms with Gasteiger partial charge in [0.2, 0.25) is 5.91 Å². The number of aromatic nitrogens is 4. The molecule has 0 radical (unpaired) electrons. The van der Waals surface area contributed by atoms with E-state index in [-0.39, 0.29) is 30.5 Å². The maximum absolute atomic E-state index is 13.5. The van der Waals surface area contributed by atoms with Crippen LogP contribution in [0.4, 0.5) is 13.2 Å². The Bertz CT molecular complexity index is 1130. The summed E-state index contributed by atoms with van der Waals surface area (Å²) in [6, 6.07) is 5.96. The lowest BCUT2D eigenvalue weighted by atomic mass is 9.96. The Kier molecular flexibility index (Phi) is 5.86. The molecule has 1 fully saturated rings. The molecular weight excluding hydrogens is 431 g/mol. The van der Waals surface area contributed by atoms with Gasteiger partial charge in [-0.1, -0.05) is 6.07 Å². The number of carbonyl (C=O) groups excluding carboxylic acids is 1. The Morgan fingerprint density at radius 1 is 1.26 bits per heavy atom. The Morgan fingerprint density at radius 3 is 2.81 bits per heavy atom. The number of halogens is 3. The van der Waals surface area contributed by atoms with Crippen molar-refractivity contribution in [2.24, 2.45) is 0 Å². The molecule has 11 heteroatoms. The predicted octanol–water partition coefficient (Wildman–Crippen LogP) is 3.19. The lowest BCUT2D eigenvalue weighted by molar-refractivity contribution is -0.141. The monoisotopic (exact) mass is 449 g/mol. The van der Waals surface area contributed by atoms with E-state index in [0.29, 0.717) is 24.3 Å². The van der Waals surface area contributed by atoms with Crippen LogP contribution in [0.1, 0.15) is 30.3 Å². The van der Waals surface area contributed by atoms with Gasteiger partial charge in [-0.15, -0.1) is 11.3 Å². The Hall–Kier alpha value is -3.08. The van der Waals surface area contributed by atoms with Crippen molar-refractivity contribution in [2.45, 2.75) is 31.5 Å². The fraction of sp³-hybridized carbons (Fsp3) is 0.350. The van der Waals surface area contributed by atoms with Crippen LogP contribution in [0.2, 0.25) is 0 Å². The maximum Gasteiger partial charge on any atom is 0.433 e. The Morgan fingerprint density at radius 2 is 2.10 bits per heavy atom. The van der Waals surface area contributed by atoms with Crippen molar-refractivity contribution in [3.8, 4) is 10.6 Å². The molecule has 1 atom stereocenters. The van der Waals surface area contributed by atoms with Crippen LogP contribution in [0.15, 0.2) is 46.8 Å². The molecule has 0 bridgehead atoms. The van der Waals surface area contributed by atoms with Gasteiger partial charge in [0.1, 0.15) is 18.1 Å². The summed E-state index contributed by atoms with van der Waals surface area (Å²) in [4.78, 5) is 38.4. The number of likely N-dealkylation sites (tertiary alicyclic amines) is 1. The summed E-state index contributed by atoms with van der Waals surface area (Å²) in [5.41, 5.74) is -1.31. The highest BCUT2D eigenvalue weighted by Crippen LogP contribution is 2.34. The van der Waals surface area contributed by atoms with Crippen molar-refractivity contribution in [1.29, 1.82) is 0 Å². The molecule has 7 nitrogen and oxygen atoms in total. The van der Waals surface area contributed by atoms with Crippen molar-refractivity contribution in [1.82, 2.24) is 24.4 Å². The number of alkyl halides is 3. The molecule has 0 aliphatic carbocycles. The third-order valence-electron chi connectivity index (χ3n) is 5.04. The quantitative estimate of drug-likeness (QED) is 0.611. The van der Waals surface area contributed by atoms with Gasteiger partial charge in [-0.2, -0.15) is 13.2 Å². The summed E-state index contributed by atoms with van der Waals surface area (Å²) in [5.74, 6) is -0.649. The zero-order valence-corrected chi connectivity index (χ0v) is 17.1. The van der Waals surface area contributed by atoms with E-state index in [1.165, 1.54) is 28.3 Å². The SMILES string of the molecule is O=C(Cn1cccnc1=O)N1CCC[C@@H](c2nc(-c3cccs3)cc(C(F)(F)F)n2)C1. The van der Waals surface area contributed by atoms with Crippen molar-refractivity contribution in [3.05, 3.63) is 64.0 Å². The average molecular weight is 449 g/mol. The number of nitrogens with zero attached hydrogens (tertiary/aromatic N) is 5. The summed E-state index contributed by atoms with van der Waals surface area (Å²) < 4.78 is 41.6. The van der Waals surface area contributed by atoms with Gasteiger partial charge in [-0.25, -0.2) is 19.7 Å². The fourth-order valence-electron chi connectivity index (χ4n) is 3.51. The summed E-state index contributed by atoms with van der Waals surface area (Å²) in [5, 5.41) is 1.77. The van der Waals surface area contributed by atoms with Gasteiger partial charge in [-0.3, -0.25) is 9.36 Å². The van der Waals surface area contributed by atoms with Gasteiger partial charge < -0.3 is 4.90 Å².